The molecule has 0 aliphatic carbocycles. The average molecular weight is 204 g/mol. The Kier molecular flexibility index (Phi) is 4.87. The maximum Gasteiger partial charge on any atom is 0.223 e. The second-order valence-electron chi connectivity index (χ2n) is 3.38. The van der Waals surface area contributed by atoms with Crippen LogP contribution in [-0.4, -0.2) is 30.2 Å². The Labute approximate surface area is 83.8 Å². The Morgan fingerprint density at radius 3 is 2.54 bits per heavy atom. The molecule has 0 fully saturated rings. The first kappa shape index (κ1) is 12.3. The third kappa shape index (κ3) is 6.48. The number of hydrogen-bond donors (Lipinski definition) is 2. The van der Waals surface area contributed by atoms with Crippen LogP contribution in [0.4, 0.5) is 0 Å². The molecular weight excluding hydrogens is 188 g/mol. The summed E-state index contributed by atoms with van der Waals surface area (Å²) in [5, 5.41) is 2.59. The number of hydrogen-bond acceptors (Lipinski definition) is 3. The van der Waals surface area contributed by atoms with Crippen molar-refractivity contribution in [1.29, 1.82) is 0 Å². The fraction of sp³-hybridized carbons (Fsp3) is 0.750. The molecule has 0 unspecified atom stereocenters. The summed E-state index contributed by atoms with van der Waals surface area (Å²) in [5.41, 5.74) is 4.78. The molecule has 5 heteroatoms. The van der Waals surface area contributed by atoms with Crippen molar-refractivity contribution in [3.63, 3.8) is 0 Å². The van der Waals surface area contributed by atoms with Crippen molar-refractivity contribution < 1.29 is 9.53 Å². The number of ether oxygens (including phenoxy) is 1. The van der Waals surface area contributed by atoms with E-state index in [1.54, 1.807) is 7.11 Å². The molecule has 3 N–H and O–H groups in total. The number of methoxy groups -OCH3 is 1. The maximum atomic E-state index is 11.2. The van der Waals surface area contributed by atoms with E-state index in [-0.39, 0.29) is 17.4 Å². The average Bonchev–Trinajstić information content (AvgIpc) is 2.00. The highest BCUT2D eigenvalue weighted by Crippen LogP contribution is 2.11. The van der Waals surface area contributed by atoms with Crippen molar-refractivity contribution in [2.24, 2.45) is 5.73 Å². The van der Waals surface area contributed by atoms with Gasteiger partial charge in [0.25, 0.3) is 0 Å². The van der Waals surface area contributed by atoms with Gasteiger partial charge in [0.15, 0.2) is 0 Å². The van der Waals surface area contributed by atoms with Gasteiger partial charge >= 0.3 is 0 Å². The molecule has 0 saturated heterocycles. The molecular formula is C8H16N2O2S. The SMILES string of the molecule is COC(C)(C)CC(=O)NCC(N)=S. The lowest BCUT2D eigenvalue weighted by atomic mass is 10.1. The van der Waals surface area contributed by atoms with Crippen LogP contribution in [0.15, 0.2) is 0 Å². The number of nitrogens with two attached hydrogens (primary N) is 1. The summed E-state index contributed by atoms with van der Waals surface area (Å²) >= 11 is 4.62. The lowest BCUT2D eigenvalue weighted by molar-refractivity contribution is -0.125. The Bertz CT molecular complexity index is 204. The van der Waals surface area contributed by atoms with E-state index in [2.05, 4.69) is 17.5 Å². The van der Waals surface area contributed by atoms with Gasteiger partial charge in [0.05, 0.1) is 23.6 Å². The highest BCUT2D eigenvalue weighted by molar-refractivity contribution is 7.80. The molecule has 0 aliphatic rings. The largest absolute Gasteiger partial charge is 0.392 e. The van der Waals surface area contributed by atoms with Gasteiger partial charge < -0.3 is 15.8 Å². The maximum absolute atomic E-state index is 11.2. The molecule has 1 amide bonds. The van der Waals surface area contributed by atoms with Gasteiger partial charge in [-0.05, 0) is 13.8 Å². The predicted molar refractivity (Wildman–Crippen MR) is 55.5 cm³/mol. The first-order chi connectivity index (χ1) is 5.87. The number of amides is 1. The smallest absolute Gasteiger partial charge is 0.223 e. The van der Waals surface area contributed by atoms with E-state index in [0.717, 1.165) is 0 Å². The predicted octanol–water partition coefficient (Wildman–Crippen LogP) is 0.204. The summed E-state index contributed by atoms with van der Waals surface area (Å²) in [7, 11) is 1.57. The van der Waals surface area contributed by atoms with Crippen LogP contribution in [0, 0.1) is 0 Å². The van der Waals surface area contributed by atoms with Gasteiger partial charge in [-0.1, -0.05) is 12.2 Å². The van der Waals surface area contributed by atoms with Crippen molar-refractivity contribution in [1.82, 2.24) is 5.32 Å². The van der Waals surface area contributed by atoms with Crippen LogP contribution in [0.1, 0.15) is 20.3 Å². The zero-order valence-corrected chi connectivity index (χ0v) is 9.03. The minimum atomic E-state index is -0.444. The lowest BCUT2D eigenvalue weighted by Crippen LogP contribution is -2.37. The number of carbonyl (C=O) groups is 1. The van der Waals surface area contributed by atoms with Gasteiger partial charge in [0.1, 0.15) is 0 Å². The van der Waals surface area contributed by atoms with E-state index >= 15 is 0 Å². The highest BCUT2D eigenvalue weighted by Gasteiger charge is 2.20. The van der Waals surface area contributed by atoms with Crippen LogP contribution >= 0.6 is 12.2 Å². The third-order valence-corrected chi connectivity index (χ3v) is 1.74. The molecule has 76 valence electrons. The minimum Gasteiger partial charge on any atom is -0.392 e. The van der Waals surface area contributed by atoms with E-state index in [4.69, 9.17) is 10.5 Å². The molecule has 0 saturated carbocycles. The first-order valence-corrected chi connectivity index (χ1v) is 4.38. The molecule has 0 atom stereocenters. The number of thiocarbonyl (C=S) groups is 1. The molecule has 0 aromatic rings. The zero-order chi connectivity index (χ0) is 10.5. The second-order valence-corrected chi connectivity index (χ2v) is 3.91. The number of nitrogens with one attached hydrogen (secondary N) is 1. The molecule has 0 bridgehead atoms. The highest BCUT2D eigenvalue weighted by atomic mass is 32.1. The minimum absolute atomic E-state index is 0.111. The van der Waals surface area contributed by atoms with Gasteiger partial charge in [-0.25, -0.2) is 0 Å². The molecule has 0 radical (unpaired) electrons. The van der Waals surface area contributed by atoms with Crippen LogP contribution < -0.4 is 11.1 Å². The first-order valence-electron chi connectivity index (χ1n) is 3.97. The standard InChI is InChI=1S/C8H16N2O2S/c1-8(2,12-3)4-7(11)10-5-6(9)13/h4-5H2,1-3H3,(H2,9,13)(H,10,11). The molecule has 0 aliphatic heterocycles. The molecule has 0 heterocycles. The Morgan fingerprint density at radius 1 is 1.62 bits per heavy atom. The van der Waals surface area contributed by atoms with Crippen molar-refractivity contribution in [3.05, 3.63) is 0 Å². The van der Waals surface area contributed by atoms with E-state index in [1.165, 1.54) is 0 Å². The van der Waals surface area contributed by atoms with Crippen molar-refractivity contribution in [3.8, 4) is 0 Å². The fourth-order valence-electron chi connectivity index (χ4n) is 0.707. The summed E-state index contributed by atoms with van der Waals surface area (Å²) < 4.78 is 5.09. The topological polar surface area (TPSA) is 64.3 Å². The van der Waals surface area contributed by atoms with Gasteiger partial charge in [-0.3, -0.25) is 4.79 Å². The van der Waals surface area contributed by atoms with Gasteiger partial charge in [-0.2, -0.15) is 0 Å². The van der Waals surface area contributed by atoms with Crippen LogP contribution in [0.25, 0.3) is 0 Å². The number of rotatable bonds is 5. The molecule has 0 spiro atoms. The molecule has 0 aromatic heterocycles. The zero-order valence-electron chi connectivity index (χ0n) is 8.22. The van der Waals surface area contributed by atoms with Crippen LogP contribution in [-0.2, 0) is 9.53 Å². The van der Waals surface area contributed by atoms with E-state index in [9.17, 15) is 4.79 Å². The summed E-state index contributed by atoms with van der Waals surface area (Å²) in [4.78, 5) is 11.5. The summed E-state index contributed by atoms with van der Waals surface area (Å²) in [5.74, 6) is -0.111. The quantitative estimate of drug-likeness (QED) is 0.628. The van der Waals surface area contributed by atoms with Crippen LogP contribution in [0.2, 0.25) is 0 Å². The normalized spacial score (nSPS) is 11.0. The Balaban J connectivity index is 3.81. The molecule has 4 nitrogen and oxygen atoms in total. The monoisotopic (exact) mass is 204 g/mol. The van der Waals surface area contributed by atoms with Gasteiger partial charge in [-0.15, -0.1) is 0 Å². The molecule has 0 rings (SSSR count). The van der Waals surface area contributed by atoms with Crippen molar-refractivity contribution >= 4 is 23.1 Å². The van der Waals surface area contributed by atoms with E-state index in [0.29, 0.717) is 6.42 Å². The van der Waals surface area contributed by atoms with Gasteiger partial charge in [0.2, 0.25) is 5.91 Å². The number of carbonyl (C=O) groups excluding carboxylic acids is 1. The van der Waals surface area contributed by atoms with E-state index < -0.39 is 5.60 Å². The summed E-state index contributed by atoms with van der Waals surface area (Å²) in [6, 6.07) is 0. The molecule has 13 heavy (non-hydrogen) atoms. The Morgan fingerprint density at radius 2 is 2.15 bits per heavy atom. The fourth-order valence-corrected chi connectivity index (χ4v) is 0.779. The van der Waals surface area contributed by atoms with Gasteiger partial charge in [0, 0.05) is 7.11 Å². The lowest BCUT2D eigenvalue weighted by Gasteiger charge is -2.21. The van der Waals surface area contributed by atoms with Crippen LogP contribution in [0.3, 0.4) is 0 Å². The van der Waals surface area contributed by atoms with Crippen LogP contribution in [0.5, 0.6) is 0 Å². The Hall–Kier alpha value is -0.680. The third-order valence-electron chi connectivity index (χ3n) is 1.60. The summed E-state index contributed by atoms with van der Waals surface area (Å²) in [6.45, 7) is 3.93. The van der Waals surface area contributed by atoms with E-state index in [1.807, 2.05) is 13.8 Å². The summed E-state index contributed by atoms with van der Waals surface area (Å²) in [6.07, 6.45) is 0.298. The second kappa shape index (κ2) is 5.14. The molecule has 0 aromatic carbocycles. The van der Waals surface area contributed by atoms with Crippen molar-refractivity contribution in [2.45, 2.75) is 25.9 Å². The van der Waals surface area contributed by atoms with Crippen molar-refractivity contribution in [2.75, 3.05) is 13.7 Å².